The molecule has 6 nitrogen and oxygen atoms in total. The Kier molecular flexibility index (Phi) is 6.25. The number of aromatic nitrogens is 2. The van der Waals surface area contributed by atoms with E-state index in [1.807, 2.05) is 49.6 Å². The van der Waals surface area contributed by atoms with Gasteiger partial charge >= 0.3 is 0 Å². The van der Waals surface area contributed by atoms with Crippen LogP contribution in [-0.4, -0.2) is 33.2 Å². The number of rotatable bonds is 4. The first-order valence-corrected chi connectivity index (χ1v) is 13.2. The first-order valence-electron chi connectivity index (χ1n) is 11.9. The lowest BCUT2D eigenvalue weighted by atomic mass is 9.93. The maximum absolute atomic E-state index is 13.9. The van der Waals surface area contributed by atoms with Crippen molar-refractivity contribution in [2.75, 3.05) is 4.90 Å². The summed E-state index contributed by atoms with van der Waals surface area (Å²) >= 11 is 8.02. The minimum absolute atomic E-state index is 0.131. The molecule has 3 aromatic rings. The molecule has 3 heterocycles. The van der Waals surface area contributed by atoms with Crippen molar-refractivity contribution in [2.45, 2.75) is 70.5 Å². The van der Waals surface area contributed by atoms with Gasteiger partial charge in [-0.15, -0.1) is 11.3 Å². The molecule has 2 amide bonds. The topological polar surface area (TPSA) is 67.2 Å². The fourth-order valence-electron chi connectivity index (χ4n) is 5.02. The van der Waals surface area contributed by atoms with E-state index in [-0.39, 0.29) is 24.4 Å². The number of hydrogen-bond donors (Lipinski definition) is 1. The van der Waals surface area contributed by atoms with Crippen molar-refractivity contribution in [1.29, 1.82) is 0 Å². The number of nitrogens with one attached hydrogen (secondary N) is 1. The highest BCUT2D eigenvalue weighted by Crippen LogP contribution is 2.36. The van der Waals surface area contributed by atoms with Crippen molar-refractivity contribution >= 4 is 40.4 Å². The van der Waals surface area contributed by atoms with Crippen LogP contribution in [0, 0.1) is 6.92 Å². The summed E-state index contributed by atoms with van der Waals surface area (Å²) in [6.07, 6.45) is 6.59. The first-order chi connectivity index (χ1) is 16.4. The Hall–Kier alpha value is -2.64. The molecule has 0 radical (unpaired) electrons. The fraction of sp³-hybridized carbons (Fsp3) is 0.423. The standard InChI is InChI=1S/C26H29ClN4O2S/c1-17-11-12-19(14-20(17)27)31-24(32)22-15-21(23-10-7-13-34-23)29-30(22)16-26(31,2)25(33)28-18-8-5-3-4-6-9-18/h7,10-15,18H,3-6,8-9,16H2,1-2H3,(H,28,33)/t26-/m1/s1. The Bertz CT molecular complexity index is 1210. The highest BCUT2D eigenvalue weighted by atomic mass is 35.5. The molecule has 1 aliphatic carbocycles. The van der Waals surface area contributed by atoms with E-state index in [2.05, 4.69) is 5.32 Å². The number of nitrogens with zero attached hydrogens (tertiary/aromatic N) is 3. The van der Waals surface area contributed by atoms with Gasteiger partial charge in [-0.1, -0.05) is 49.4 Å². The summed E-state index contributed by atoms with van der Waals surface area (Å²) < 4.78 is 1.69. The molecule has 1 atom stereocenters. The van der Waals surface area contributed by atoms with Gasteiger partial charge < -0.3 is 5.32 Å². The van der Waals surface area contributed by atoms with Crippen LogP contribution in [0.5, 0.6) is 0 Å². The van der Waals surface area contributed by atoms with E-state index in [0.717, 1.165) is 41.8 Å². The fourth-order valence-corrected chi connectivity index (χ4v) is 5.87. The second-order valence-corrected chi connectivity index (χ2v) is 10.9. The van der Waals surface area contributed by atoms with Crippen LogP contribution in [0.15, 0.2) is 41.8 Å². The number of anilines is 1. The smallest absolute Gasteiger partial charge is 0.277 e. The molecule has 8 heteroatoms. The number of hydrogen-bond acceptors (Lipinski definition) is 4. The molecule has 0 unspecified atom stereocenters. The van der Waals surface area contributed by atoms with E-state index < -0.39 is 5.54 Å². The Morgan fingerprint density at radius 1 is 1.18 bits per heavy atom. The Labute approximate surface area is 208 Å². The highest BCUT2D eigenvalue weighted by molar-refractivity contribution is 7.13. The van der Waals surface area contributed by atoms with Crippen molar-refractivity contribution < 1.29 is 9.59 Å². The molecule has 1 saturated carbocycles. The Balaban J connectivity index is 1.56. The van der Waals surface area contributed by atoms with Gasteiger partial charge in [-0.05, 0) is 61.9 Å². The maximum atomic E-state index is 13.9. The van der Waals surface area contributed by atoms with Crippen LogP contribution in [0.25, 0.3) is 10.6 Å². The van der Waals surface area contributed by atoms with Crippen molar-refractivity contribution in [3.05, 3.63) is 58.1 Å². The van der Waals surface area contributed by atoms with Gasteiger partial charge in [0.15, 0.2) is 0 Å². The summed E-state index contributed by atoms with van der Waals surface area (Å²) in [5.41, 5.74) is 1.61. The second kappa shape index (κ2) is 9.19. The van der Waals surface area contributed by atoms with Crippen molar-refractivity contribution in [1.82, 2.24) is 15.1 Å². The molecule has 1 aromatic carbocycles. The molecule has 0 saturated heterocycles. The van der Waals surface area contributed by atoms with Gasteiger partial charge in [0, 0.05) is 16.8 Å². The maximum Gasteiger partial charge on any atom is 0.277 e. The van der Waals surface area contributed by atoms with Gasteiger partial charge in [0.1, 0.15) is 16.9 Å². The van der Waals surface area contributed by atoms with E-state index in [1.54, 1.807) is 27.0 Å². The largest absolute Gasteiger partial charge is 0.351 e. The van der Waals surface area contributed by atoms with Crippen LogP contribution in [0.4, 0.5) is 5.69 Å². The summed E-state index contributed by atoms with van der Waals surface area (Å²) in [5, 5.41) is 10.5. The zero-order valence-corrected chi connectivity index (χ0v) is 21.1. The molecule has 1 N–H and O–H groups in total. The molecule has 34 heavy (non-hydrogen) atoms. The molecular weight excluding hydrogens is 468 g/mol. The number of fused-ring (bicyclic) bond motifs is 1. The number of thiophene rings is 1. The Morgan fingerprint density at radius 3 is 2.62 bits per heavy atom. The second-order valence-electron chi connectivity index (χ2n) is 9.56. The van der Waals surface area contributed by atoms with Crippen LogP contribution in [0.1, 0.15) is 61.5 Å². The zero-order chi connectivity index (χ0) is 23.9. The SMILES string of the molecule is Cc1ccc(N2C(=O)c3cc(-c4cccs4)nn3C[C@]2(C)C(=O)NC2CCCCCC2)cc1Cl. The summed E-state index contributed by atoms with van der Waals surface area (Å²) in [6, 6.07) is 11.4. The predicted molar refractivity (Wildman–Crippen MR) is 137 cm³/mol. The molecule has 2 aromatic heterocycles. The van der Waals surface area contributed by atoms with Crippen LogP contribution in [-0.2, 0) is 11.3 Å². The van der Waals surface area contributed by atoms with E-state index >= 15 is 0 Å². The summed E-state index contributed by atoms with van der Waals surface area (Å²) in [7, 11) is 0. The number of halogens is 1. The molecule has 1 aliphatic heterocycles. The highest BCUT2D eigenvalue weighted by Gasteiger charge is 2.49. The number of carbonyl (C=O) groups excluding carboxylic acids is 2. The monoisotopic (exact) mass is 496 g/mol. The molecular formula is C26H29ClN4O2S. The van der Waals surface area contributed by atoms with Crippen LogP contribution in [0.3, 0.4) is 0 Å². The quantitative estimate of drug-likeness (QED) is 0.462. The summed E-state index contributed by atoms with van der Waals surface area (Å²) in [6.45, 7) is 4.02. The van der Waals surface area contributed by atoms with Crippen molar-refractivity contribution in [3.8, 4) is 10.6 Å². The van der Waals surface area contributed by atoms with Gasteiger partial charge in [-0.25, -0.2) is 0 Å². The first kappa shape index (κ1) is 23.1. The van der Waals surface area contributed by atoms with Gasteiger partial charge in [0.05, 0.1) is 11.4 Å². The molecule has 0 spiro atoms. The Morgan fingerprint density at radius 2 is 1.94 bits per heavy atom. The average molecular weight is 497 g/mol. The average Bonchev–Trinajstić information content (AvgIpc) is 3.42. The van der Waals surface area contributed by atoms with Crippen molar-refractivity contribution in [3.63, 3.8) is 0 Å². The third-order valence-electron chi connectivity index (χ3n) is 7.02. The zero-order valence-electron chi connectivity index (χ0n) is 19.5. The number of benzene rings is 1. The van der Waals surface area contributed by atoms with Gasteiger partial charge in [0.2, 0.25) is 5.91 Å². The van der Waals surface area contributed by atoms with Gasteiger partial charge in [-0.3, -0.25) is 19.2 Å². The predicted octanol–water partition coefficient (Wildman–Crippen LogP) is 5.83. The number of carbonyl (C=O) groups is 2. The van der Waals surface area contributed by atoms with E-state index in [4.69, 9.17) is 16.7 Å². The third kappa shape index (κ3) is 4.16. The third-order valence-corrected chi connectivity index (χ3v) is 8.32. The minimum Gasteiger partial charge on any atom is -0.351 e. The molecule has 0 bridgehead atoms. The molecule has 1 fully saturated rings. The van der Waals surface area contributed by atoms with E-state index in [1.165, 1.54) is 12.8 Å². The lowest BCUT2D eigenvalue weighted by Gasteiger charge is -2.43. The van der Waals surface area contributed by atoms with E-state index in [9.17, 15) is 9.59 Å². The lowest BCUT2D eigenvalue weighted by Crippen LogP contribution is -2.65. The van der Waals surface area contributed by atoms with Gasteiger partial charge in [0.25, 0.3) is 5.91 Å². The lowest BCUT2D eigenvalue weighted by molar-refractivity contribution is -0.127. The number of aryl methyl sites for hydroxylation is 1. The van der Waals surface area contributed by atoms with Gasteiger partial charge in [-0.2, -0.15) is 5.10 Å². The summed E-state index contributed by atoms with van der Waals surface area (Å²) in [5.74, 6) is -0.400. The van der Waals surface area contributed by atoms with Crippen LogP contribution >= 0.6 is 22.9 Å². The number of amides is 2. The molecule has 2 aliphatic rings. The van der Waals surface area contributed by atoms with Crippen LogP contribution < -0.4 is 10.2 Å². The van der Waals surface area contributed by atoms with Crippen molar-refractivity contribution in [2.24, 2.45) is 0 Å². The molecule has 178 valence electrons. The normalized spacial score (nSPS) is 21.3. The van der Waals surface area contributed by atoms with E-state index in [0.29, 0.717) is 16.4 Å². The summed E-state index contributed by atoms with van der Waals surface area (Å²) in [4.78, 5) is 30.4. The van der Waals surface area contributed by atoms with Crippen LogP contribution in [0.2, 0.25) is 5.02 Å². The molecule has 5 rings (SSSR count). The minimum atomic E-state index is -1.15.